The first-order chi connectivity index (χ1) is 9.81. The van der Waals surface area contributed by atoms with E-state index in [9.17, 15) is 24.5 Å². The maximum atomic E-state index is 12.2. The molecule has 21 heavy (non-hydrogen) atoms. The van der Waals surface area contributed by atoms with Gasteiger partial charge in [-0.3, -0.25) is 29.4 Å². The quantitative estimate of drug-likeness (QED) is 0.447. The number of allylic oxidation sites excluding steroid dienone is 2. The lowest BCUT2D eigenvalue weighted by Crippen LogP contribution is -2.42. The molecule has 0 aromatic carbocycles. The van der Waals surface area contributed by atoms with Gasteiger partial charge in [-0.1, -0.05) is 13.0 Å². The number of rotatable bonds is 3. The Labute approximate surface area is 120 Å². The van der Waals surface area contributed by atoms with Gasteiger partial charge in [0.05, 0.1) is 16.9 Å². The van der Waals surface area contributed by atoms with E-state index in [0.29, 0.717) is 0 Å². The fraction of sp³-hybridized carbons (Fsp3) is 0.462. The highest BCUT2D eigenvalue weighted by Gasteiger charge is 2.38. The van der Waals surface area contributed by atoms with Crippen LogP contribution in [0, 0.1) is 16.0 Å². The first-order valence-corrected chi connectivity index (χ1v) is 6.48. The molecule has 3 amide bonds. The number of likely N-dealkylation sites (tertiary alicyclic amines) is 1. The van der Waals surface area contributed by atoms with Gasteiger partial charge in [-0.2, -0.15) is 0 Å². The fourth-order valence-corrected chi connectivity index (χ4v) is 2.34. The van der Waals surface area contributed by atoms with Crippen LogP contribution < -0.4 is 5.32 Å². The van der Waals surface area contributed by atoms with Crippen molar-refractivity contribution in [1.29, 1.82) is 0 Å². The van der Waals surface area contributed by atoms with Crippen LogP contribution in [-0.4, -0.2) is 40.6 Å². The zero-order chi connectivity index (χ0) is 15.7. The van der Waals surface area contributed by atoms with Gasteiger partial charge in [0.2, 0.25) is 5.91 Å². The second-order valence-electron chi connectivity index (χ2n) is 5.18. The van der Waals surface area contributed by atoms with Gasteiger partial charge in [0, 0.05) is 13.1 Å². The van der Waals surface area contributed by atoms with E-state index in [4.69, 9.17) is 0 Å². The second-order valence-corrected chi connectivity index (χ2v) is 5.18. The van der Waals surface area contributed by atoms with Gasteiger partial charge in [0.15, 0.2) is 0 Å². The Morgan fingerprint density at radius 2 is 2.10 bits per heavy atom. The average Bonchev–Trinajstić information content (AvgIpc) is 2.66. The number of carbonyl (C=O) groups excluding carboxylic acids is 3. The Kier molecular flexibility index (Phi) is 3.88. The summed E-state index contributed by atoms with van der Waals surface area (Å²) >= 11 is 0. The maximum Gasteiger partial charge on any atom is 0.277 e. The molecule has 0 aromatic heterocycles. The van der Waals surface area contributed by atoms with Crippen molar-refractivity contribution in [3.63, 3.8) is 0 Å². The average molecular weight is 293 g/mol. The second kappa shape index (κ2) is 5.47. The molecule has 1 N–H and O–H groups in total. The number of nitro groups is 1. The zero-order valence-electron chi connectivity index (χ0n) is 11.7. The minimum atomic E-state index is -0.947. The molecule has 112 valence electrons. The van der Waals surface area contributed by atoms with Gasteiger partial charge in [-0.15, -0.1) is 0 Å². The maximum absolute atomic E-state index is 12.2. The molecule has 1 heterocycles. The summed E-state index contributed by atoms with van der Waals surface area (Å²) in [6.07, 6.45) is 3.07. The first kappa shape index (κ1) is 14.9. The lowest BCUT2D eigenvalue weighted by Gasteiger charge is -2.17. The van der Waals surface area contributed by atoms with Gasteiger partial charge >= 0.3 is 0 Å². The summed E-state index contributed by atoms with van der Waals surface area (Å²) in [5, 5.41) is 13.4. The van der Waals surface area contributed by atoms with Crippen LogP contribution in [0.25, 0.3) is 0 Å². The third-order valence-electron chi connectivity index (χ3n) is 3.58. The summed E-state index contributed by atoms with van der Waals surface area (Å²) in [7, 11) is 1.34. The Morgan fingerprint density at radius 3 is 2.62 bits per heavy atom. The molecular weight excluding hydrogens is 278 g/mol. The molecule has 8 nitrogen and oxygen atoms in total. The Morgan fingerprint density at radius 1 is 1.43 bits per heavy atom. The number of hydrogen-bond acceptors (Lipinski definition) is 5. The minimum absolute atomic E-state index is 0.00182. The summed E-state index contributed by atoms with van der Waals surface area (Å²) in [6.45, 7) is 1.83. The Bertz CT molecular complexity index is 593. The van der Waals surface area contributed by atoms with Crippen molar-refractivity contribution in [2.24, 2.45) is 5.92 Å². The summed E-state index contributed by atoms with van der Waals surface area (Å²) in [5.74, 6) is -1.56. The van der Waals surface area contributed by atoms with Crippen molar-refractivity contribution in [2.75, 3.05) is 7.05 Å². The number of imide groups is 1. The number of nitrogens with zero attached hydrogens (tertiary/aromatic N) is 2. The van der Waals surface area contributed by atoms with Gasteiger partial charge in [-0.05, 0) is 12.3 Å². The van der Waals surface area contributed by atoms with E-state index >= 15 is 0 Å². The molecule has 0 aromatic rings. The summed E-state index contributed by atoms with van der Waals surface area (Å²) in [6, 6.07) is -0.947. The van der Waals surface area contributed by atoms with Crippen LogP contribution in [-0.2, 0) is 14.4 Å². The van der Waals surface area contributed by atoms with E-state index in [0.717, 1.165) is 4.90 Å². The van der Waals surface area contributed by atoms with Gasteiger partial charge in [-0.25, -0.2) is 0 Å². The van der Waals surface area contributed by atoms with Crippen LogP contribution in [0.5, 0.6) is 0 Å². The minimum Gasteiger partial charge on any atom is -0.340 e. The first-order valence-electron chi connectivity index (χ1n) is 6.48. The SMILES string of the molecule is CC1C=CC([N+](=O)[O-])=C(C(=O)NC2CC(=O)N(C)C2=O)C1. The van der Waals surface area contributed by atoms with Crippen LogP contribution in [0.2, 0.25) is 0 Å². The summed E-state index contributed by atoms with van der Waals surface area (Å²) < 4.78 is 0. The zero-order valence-corrected chi connectivity index (χ0v) is 11.7. The lowest BCUT2D eigenvalue weighted by atomic mass is 9.93. The molecule has 2 aliphatic rings. The molecule has 0 radical (unpaired) electrons. The van der Waals surface area contributed by atoms with E-state index < -0.39 is 22.8 Å². The molecular formula is C13H15N3O5. The Hall–Kier alpha value is -2.51. The number of amides is 3. The fourth-order valence-electron chi connectivity index (χ4n) is 2.34. The predicted molar refractivity (Wildman–Crippen MR) is 71.3 cm³/mol. The van der Waals surface area contributed by atoms with E-state index in [1.165, 1.54) is 13.1 Å². The van der Waals surface area contributed by atoms with Gasteiger partial charge in [0.1, 0.15) is 6.04 Å². The van der Waals surface area contributed by atoms with Crippen molar-refractivity contribution in [3.05, 3.63) is 33.5 Å². The number of nitrogens with one attached hydrogen (secondary N) is 1. The molecule has 8 heteroatoms. The molecule has 0 saturated carbocycles. The van der Waals surface area contributed by atoms with Crippen molar-refractivity contribution >= 4 is 17.7 Å². The van der Waals surface area contributed by atoms with Gasteiger partial charge in [0.25, 0.3) is 17.5 Å². The molecule has 0 spiro atoms. The van der Waals surface area contributed by atoms with Gasteiger partial charge < -0.3 is 5.32 Å². The van der Waals surface area contributed by atoms with Crippen molar-refractivity contribution in [3.8, 4) is 0 Å². The third-order valence-corrected chi connectivity index (χ3v) is 3.58. The van der Waals surface area contributed by atoms with Crippen LogP contribution in [0.15, 0.2) is 23.4 Å². The van der Waals surface area contributed by atoms with Crippen molar-refractivity contribution in [2.45, 2.75) is 25.8 Å². The van der Waals surface area contributed by atoms with Crippen molar-refractivity contribution < 1.29 is 19.3 Å². The molecule has 2 rings (SSSR count). The largest absolute Gasteiger partial charge is 0.340 e. The third kappa shape index (κ3) is 2.83. The normalized spacial score (nSPS) is 25.5. The molecule has 1 aliphatic heterocycles. The van der Waals surface area contributed by atoms with E-state index in [1.807, 2.05) is 6.92 Å². The highest BCUT2D eigenvalue weighted by atomic mass is 16.6. The standard InChI is InChI=1S/C13H15N3O5/c1-7-3-4-10(16(20)21)8(5-7)12(18)14-9-6-11(17)15(2)13(9)19/h3-4,7,9H,5-6H2,1-2H3,(H,14,18). The molecule has 1 aliphatic carbocycles. The number of carbonyl (C=O) groups is 3. The Balaban J connectivity index is 2.19. The van der Waals surface area contributed by atoms with E-state index in [2.05, 4.69) is 5.32 Å². The molecule has 0 bridgehead atoms. The smallest absolute Gasteiger partial charge is 0.277 e. The monoisotopic (exact) mass is 293 g/mol. The topological polar surface area (TPSA) is 110 Å². The van der Waals surface area contributed by atoms with Crippen LogP contribution >= 0.6 is 0 Å². The number of hydrogen-bond donors (Lipinski definition) is 1. The molecule has 2 unspecified atom stereocenters. The van der Waals surface area contributed by atoms with Crippen LogP contribution in [0.1, 0.15) is 19.8 Å². The predicted octanol–water partition coefficient (Wildman–Crippen LogP) is -0.0133. The van der Waals surface area contributed by atoms with Crippen LogP contribution in [0.3, 0.4) is 0 Å². The lowest BCUT2D eigenvalue weighted by molar-refractivity contribution is -0.420. The summed E-state index contributed by atoms with van der Waals surface area (Å²) in [5.41, 5.74) is -0.236. The number of likely N-dealkylation sites (N-methyl/N-ethyl adjacent to an activating group) is 1. The van der Waals surface area contributed by atoms with Crippen molar-refractivity contribution in [1.82, 2.24) is 10.2 Å². The summed E-state index contributed by atoms with van der Waals surface area (Å²) in [4.78, 5) is 46.6. The highest BCUT2D eigenvalue weighted by Crippen LogP contribution is 2.24. The molecule has 2 atom stereocenters. The highest BCUT2D eigenvalue weighted by molar-refractivity contribution is 6.08. The van der Waals surface area contributed by atoms with Crippen LogP contribution in [0.4, 0.5) is 0 Å². The van der Waals surface area contributed by atoms with E-state index in [1.54, 1.807) is 6.08 Å². The van der Waals surface area contributed by atoms with E-state index in [-0.39, 0.29) is 35.9 Å². The molecule has 1 fully saturated rings. The molecule has 1 saturated heterocycles.